The first-order valence-corrected chi connectivity index (χ1v) is 12.6. The molecule has 8 heteroatoms. The molecule has 1 atom stereocenters. The number of aryl methyl sites for hydroxylation is 1. The van der Waals surface area contributed by atoms with Gasteiger partial charge in [0.2, 0.25) is 21.8 Å². The Balaban J connectivity index is 2.35. The molecule has 0 radical (unpaired) electrons. The second-order valence-corrected chi connectivity index (χ2v) is 10.0. The summed E-state index contributed by atoms with van der Waals surface area (Å²) in [6.07, 6.45) is 1.90. The fraction of sp³-hybridized carbons (Fsp3) is 0.417. The third-order valence-electron chi connectivity index (χ3n) is 5.11. The van der Waals surface area contributed by atoms with Crippen LogP contribution >= 0.6 is 0 Å². The van der Waals surface area contributed by atoms with Crippen molar-refractivity contribution in [3.63, 3.8) is 0 Å². The lowest BCUT2D eigenvalue weighted by molar-refractivity contribution is -0.139. The number of carbonyl (C=O) groups excluding carboxylic acids is 2. The van der Waals surface area contributed by atoms with E-state index in [2.05, 4.69) is 5.32 Å². The second-order valence-electron chi connectivity index (χ2n) is 8.14. The van der Waals surface area contributed by atoms with E-state index in [1.54, 1.807) is 19.1 Å². The summed E-state index contributed by atoms with van der Waals surface area (Å²) in [5.41, 5.74) is 2.33. The maximum absolute atomic E-state index is 13.4. The third-order valence-corrected chi connectivity index (χ3v) is 6.25. The molecule has 0 fully saturated rings. The van der Waals surface area contributed by atoms with E-state index in [1.165, 1.54) is 4.90 Å². The number of hydrogen-bond donors (Lipinski definition) is 1. The van der Waals surface area contributed by atoms with Crippen LogP contribution in [0.15, 0.2) is 54.6 Å². The van der Waals surface area contributed by atoms with Gasteiger partial charge in [-0.2, -0.15) is 0 Å². The Morgan fingerprint density at radius 3 is 2.03 bits per heavy atom. The number of amides is 2. The molecule has 0 saturated heterocycles. The summed E-state index contributed by atoms with van der Waals surface area (Å²) in [7, 11) is -3.72. The standard InChI is InChI=1S/C24H33N3O4S/c1-6-20-12-14-22(15-13-20)27(32(5,30)31)17-23(28)26(16-21-10-8-7-9-11-21)19(4)24(29)25-18(2)3/h7-15,18-19H,6,16-17H2,1-5H3,(H,25,29). The molecule has 2 amide bonds. The van der Waals surface area contributed by atoms with E-state index in [0.29, 0.717) is 5.69 Å². The van der Waals surface area contributed by atoms with Crippen LogP contribution in [0, 0.1) is 0 Å². The van der Waals surface area contributed by atoms with Gasteiger partial charge >= 0.3 is 0 Å². The molecule has 0 saturated carbocycles. The lowest BCUT2D eigenvalue weighted by atomic mass is 10.1. The summed E-state index contributed by atoms with van der Waals surface area (Å²) >= 11 is 0. The molecule has 7 nitrogen and oxygen atoms in total. The highest BCUT2D eigenvalue weighted by Crippen LogP contribution is 2.20. The van der Waals surface area contributed by atoms with Gasteiger partial charge in [0.05, 0.1) is 11.9 Å². The maximum Gasteiger partial charge on any atom is 0.244 e. The van der Waals surface area contributed by atoms with E-state index in [-0.39, 0.29) is 18.5 Å². The van der Waals surface area contributed by atoms with E-state index in [9.17, 15) is 18.0 Å². The molecule has 0 heterocycles. The molecule has 0 bridgehead atoms. The zero-order valence-electron chi connectivity index (χ0n) is 19.4. The summed E-state index contributed by atoms with van der Waals surface area (Å²) in [6, 6.07) is 15.6. The summed E-state index contributed by atoms with van der Waals surface area (Å²) in [5, 5.41) is 2.83. The average Bonchev–Trinajstić information content (AvgIpc) is 2.74. The van der Waals surface area contributed by atoms with Gasteiger partial charge in [-0.25, -0.2) is 8.42 Å². The van der Waals surface area contributed by atoms with Crippen LogP contribution in [0.2, 0.25) is 0 Å². The molecule has 0 aliphatic heterocycles. The summed E-state index contributed by atoms with van der Waals surface area (Å²) in [4.78, 5) is 27.5. The van der Waals surface area contributed by atoms with Gasteiger partial charge in [-0.05, 0) is 50.5 Å². The monoisotopic (exact) mass is 459 g/mol. The highest BCUT2D eigenvalue weighted by Gasteiger charge is 2.30. The van der Waals surface area contributed by atoms with Crippen molar-refractivity contribution in [2.45, 2.75) is 52.7 Å². The zero-order valence-corrected chi connectivity index (χ0v) is 20.2. The summed E-state index contributed by atoms with van der Waals surface area (Å²) < 4.78 is 26.1. The molecule has 0 aromatic heterocycles. The topological polar surface area (TPSA) is 86.8 Å². The molecule has 2 aromatic rings. The van der Waals surface area contributed by atoms with Crippen molar-refractivity contribution in [1.29, 1.82) is 0 Å². The number of anilines is 1. The fourth-order valence-electron chi connectivity index (χ4n) is 3.28. The number of hydrogen-bond acceptors (Lipinski definition) is 4. The minimum atomic E-state index is -3.72. The minimum Gasteiger partial charge on any atom is -0.352 e. The SMILES string of the molecule is CCc1ccc(N(CC(=O)N(Cc2ccccc2)C(C)C(=O)NC(C)C)S(C)(=O)=O)cc1. The summed E-state index contributed by atoms with van der Waals surface area (Å²) in [5.74, 6) is -0.743. The zero-order chi connectivity index (χ0) is 23.9. The smallest absolute Gasteiger partial charge is 0.244 e. The summed E-state index contributed by atoms with van der Waals surface area (Å²) in [6.45, 7) is 7.16. The van der Waals surface area contributed by atoms with Crippen LogP contribution in [-0.4, -0.2) is 50.0 Å². The van der Waals surface area contributed by atoms with Gasteiger partial charge in [-0.1, -0.05) is 49.4 Å². The lowest BCUT2D eigenvalue weighted by Gasteiger charge is -2.32. The molecule has 1 N–H and O–H groups in total. The molecule has 1 unspecified atom stereocenters. The van der Waals surface area contributed by atoms with Gasteiger partial charge in [0, 0.05) is 12.6 Å². The van der Waals surface area contributed by atoms with Crippen molar-refractivity contribution in [2.75, 3.05) is 17.1 Å². The quantitative estimate of drug-likeness (QED) is 0.592. The van der Waals surface area contributed by atoms with E-state index < -0.39 is 28.5 Å². The number of rotatable bonds is 10. The Labute approximate surface area is 191 Å². The Morgan fingerprint density at radius 1 is 0.938 bits per heavy atom. The Kier molecular flexibility index (Phi) is 8.83. The van der Waals surface area contributed by atoms with Gasteiger partial charge < -0.3 is 10.2 Å². The molecule has 32 heavy (non-hydrogen) atoms. The van der Waals surface area contributed by atoms with E-state index in [4.69, 9.17) is 0 Å². The van der Waals surface area contributed by atoms with E-state index in [1.807, 2.05) is 63.2 Å². The minimum absolute atomic E-state index is 0.0803. The largest absolute Gasteiger partial charge is 0.352 e. The van der Waals surface area contributed by atoms with Crippen LogP contribution in [0.1, 0.15) is 38.8 Å². The van der Waals surface area contributed by atoms with Crippen LogP contribution in [0.4, 0.5) is 5.69 Å². The molecule has 2 aromatic carbocycles. The van der Waals surface area contributed by atoms with Gasteiger partial charge in [-0.15, -0.1) is 0 Å². The van der Waals surface area contributed by atoms with Gasteiger partial charge in [-0.3, -0.25) is 13.9 Å². The molecule has 0 spiro atoms. The van der Waals surface area contributed by atoms with Crippen molar-refractivity contribution in [3.05, 3.63) is 65.7 Å². The Bertz CT molecular complexity index is 1010. The van der Waals surface area contributed by atoms with Gasteiger partial charge in [0.1, 0.15) is 12.6 Å². The highest BCUT2D eigenvalue weighted by atomic mass is 32.2. The van der Waals surface area contributed by atoms with Gasteiger partial charge in [0.25, 0.3) is 0 Å². The highest BCUT2D eigenvalue weighted by molar-refractivity contribution is 7.92. The van der Waals surface area contributed by atoms with Crippen LogP contribution in [0.25, 0.3) is 0 Å². The second kappa shape index (κ2) is 11.1. The number of carbonyl (C=O) groups is 2. The Morgan fingerprint density at radius 2 is 1.53 bits per heavy atom. The van der Waals surface area contributed by atoms with Crippen molar-refractivity contribution < 1.29 is 18.0 Å². The van der Waals surface area contributed by atoms with Crippen LogP contribution < -0.4 is 9.62 Å². The molecule has 0 aliphatic carbocycles. The lowest BCUT2D eigenvalue weighted by Crippen LogP contribution is -2.52. The van der Waals surface area contributed by atoms with Crippen molar-refractivity contribution in [1.82, 2.24) is 10.2 Å². The van der Waals surface area contributed by atoms with Crippen LogP contribution in [0.3, 0.4) is 0 Å². The first-order valence-electron chi connectivity index (χ1n) is 10.7. The fourth-order valence-corrected chi connectivity index (χ4v) is 4.13. The predicted molar refractivity (Wildman–Crippen MR) is 128 cm³/mol. The molecule has 174 valence electrons. The Hall–Kier alpha value is -2.87. The van der Waals surface area contributed by atoms with Crippen LogP contribution in [0.5, 0.6) is 0 Å². The average molecular weight is 460 g/mol. The number of benzene rings is 2. The molecular formula is C24H33N3O4S. The molecular weight excluding hydrogens is 426 g/mol. The molecule has 0 aliphatic rings. The van der Waals surface area contributed by atoms with E-state index in [0.717, 1.165) is 28.1 Å². The van der Waals surface area contributed by atoms with Crippen molar-refractivity contribution in [2.24, 2.45) is 0 Å². The van der Waals surface area contributed by atoms with Crippen molar-refractivity contribution in [3.8, 4) is 0 Å². The predicted octanol–water partition coefficient (Wildman–Crippen LogP) is 2.96. The third kappa shape index (κ3) is 7.09. The van der Waals surface area contributed by atoms with Crippen molar-refractivity contribution >= 4 is 27.5 Å². The molecule has 2 rings (SSSR count). The normalized spacial score (nSPS) is 12.3. The van der Waals surface area contributed by atoms with E-state index >= 15 is 0 Å². The number of nitrogens with one attached hydrogen (secondary N) is 1. The van der Waals surface area contributed by atoms with Gasteiger partial charge in [0.15, 0.2) is 0 Å². The first-order chi connectivity index (χ1) is 15.0. The van der Waals surface area contributed by atoms with Crippen LogP contribution in [-0.2, 0) is 32.6 Å². The first kappa shape index (κ1) is 25.4. The maximum atomic E-state index is 13.4. The number of nitrogens with zero attached hydrogens (tertiary/aromatic N) is 2. The number of sulfonamides is 1.